The summed E-state index contributed by atoms with van der Waals surface area (Å²) in [5.41, 5.74) is 3.08. The molecule has 2 rings (SSSR count). The maximum atomic E-state index is 5.89. The number of H-pyrrole nitrogens is 1. The maximum Gasteiger partial charge on any atom is 0.0932 e. The summed E-state index contributed by atoms with van der Waals surface area (Å²) in [6, 6.07) is 3.79. The van der Waals surface area contributed by atoms with Crippen molar-refractivity contribution in [1.82, 2.24) is 9.97 Å². The Balaban J connectivity index is 2.80. The first kappa shape index (κ1) is 8.08. The van der Waals surface area contributed by atoms with Crippen molar-refractivity contribution in [3.8, 4) is 0 Å². The Hall–Kier alpha value is -0.540. The van der Waals surface area contributed by atoms with Gasteiger partial charge in [0.2, 0.25) is 0 Å². The summed E-state index contributed by atoms with van der Waals surface area (Å²) >= 11 is 9.28. The molecule has 0 radical (unpaired) electrons. The number of alkyl halides is 1. The Kier molecular flexibility index (Phi) is 2.07. The normalized spacial score (nSPS) is 10.8. The second-order valence-corrected chi connectivity index (χ2v) is 3.49. The number of nitrogens with one attached hydrogen (secondary N) is 1. The van der Waals surface area contributed by atoms with Crippen LogP contribution >= 0.6 is 27.5 Å². The molecule has 0 fully saturated rings. The van der Waals surface area contributed by atoms with Crippen molar-refractivity contribution in [2.45, 2.75) is 5.33 Å². The number of aromatic nitrogens is 2. The number of aromatic amines is 1. The van der Waals surface area contributed by atoms with Gasteiger partial charge in [0.1, 0.15) is 0 Å². The molecule has 62 valence electrons. The number of hydrogen-bond donors (Lipinski definition) is 1. The number of imidazole rings is 1. The van der Waals surface area contributed by atoms with Crippen LogP contribution in [-0.4, -0.2) is 9.97 Å². The lowest BCUT2D eigenvalue weighted by Crippen LogP contribution is -1.80. The molecule has 0 atom stereocenters. The standard InChI is InChI=1S/C8H6BrClN2/c9-3-5-1-6(10)2-7-8(5)12-4-11-7/h1-2,4H,3H2,(H,11,12). The van der Waals surface area contributed by atoms with Crippen molar-refractivity contribution in [3.63, 3.8) is 0 Å². The molecule has 1 heterocycles. The van der Waals surface area contributed by atoms with Gasteiger partial charge in [0.15, 0.2) is 0 Å². The Morgan fingerprint density at radius 1 is 1.50 bits per heavy atom. The van der Waals surface area contributed by atoms with Crippen molar-refractivity contribution in [2.75, 3.05) is 0 Å². The number of nitrogens with zero attached hydrogens (tertiary/aromatic N) is 1. The first-order valence-corrected chi connectivity index (χ1v) is 4.98. The lowest BCUT2D eigenvalue weighted by molar-refractivity contribution is 1.33. The van der Waals surface area contributed by atoms with Crippen LogP contribution in [0.25, 0.3) is 11.0 Å². The van der Waals surface area contributed by atoms with Crippen LogP contribution in [0.3, 0.4) is 0 Å². The van der Waals surface area contributed by atoms with Crippen LogP contribution in [-0.2, 0) is 5.33 Å². The zero-order valence-electron chi connectivity index (χ0n) is 6.14. The van der Waals surface area contributed by atoms with Crippen molar-refractivity contribution in [2.24, 2.45) is 0 Å². The van der Waals surface area contributed by atoms with E-state index >= 15 is 0 Å². The molecule has 4 heteroatoms. The average Bonchev–Trinajstić information content (AvgIpc) is 2.50. The lowest BCUT2D eigenvalue weighted by atomic mass is 10.2. The molecule has 0 aliphatic carbocycles. The summed E-state index contributed by atoms with van der Waals surface area (Å²) in [5, 5.41) is 1.51. The number of benzene rings is 1. The minimum Gasteiger partial charge on any atom is -0.345 e. The topological polar surface area (TPSA) is 28.7 Å². The molecule has 0 bridgehead atoms. The molecule has 0 amide bonds. The Labute approximate surface area is 83.1 Å². The van der Waals surface area contributed by atoms with Crippen molar-refractivity contribution < 1.29 is 0 Å². The molecular formula is C8H6BrClN2. The van der Waals surface area contributed by atoms with Crippen molar-refractivity contribution >= 4 is 38.6 Å². The van der Waals surface area contributed by atoms with Gasteiger partial charge >= 0.3 is 0 Å². The minimum atomic E-state index is 0.737. The largest absolute Gasteiger partial charge is 0.345 e. The maximum absolute atomic E-state index is 5.89. The monoisotopic (exact) mass is 244 g/mol. The van der Waals surface area contributed by atoms with Crippen LogP contribution in [0, 0.1) is 0 Å². The number of fused-ring (bicyclic) bond motifs is 1. The third-order valence-electron chi connectivity index (χ3n) is 1.71. The quantitative estimate of drug-likeness (QED) is 0.769. The summed E-state index contributed by atoms with van der Waals surface area (Å²) in [5.74, 6) is 0. The van der Waals surface area contributed by atoms with Gasteiger partial charge < -0.3 is 4.98 Å². The van der Waals surface area contributed by atoms with Gasteiger partial charge in [-0.1, -0.05) is 27.5 Å². The molecule has 2 aromatic rings. The fourth-order valence-corrected chi connectivity index (χ4v) is 1.85. The first-order valence-electron chi connectivity index (χ1n) is 3.48. The van der Waals surface area contributed by atoms with Gasteiger partial charge in [-0.05, 0) is 17.7 Å². The summed E-state index contributed by atoms with van der Waals surface area (Å²) < 4.78 is 0. The minimum absolute atomic E-state index is 0.737. The average molecular weight is 246 g/mol. The fourth-order valence-electron chi connectivity index (χ4n) is 1.19. The van der Waals surface area contributed by atoms with Crippen LogP contribution in [0.2, 0.25) is 5.02 Å². The van der Waals surface area contributed by atoms with E-state index in [4.69, 9.17) is 11.6 Å². The van der Waals surface area contributed by atoms with Crippen LogP contribution in [0.1, 0.15) is 5.56 Å². The van der Waals surface area contributed by atoms with Crippen molar-refractivity contribution in [1.29, 1.82) is 0 Å². The predicted molar refractivity (Wildman–Crippen MR) is 53.7 cm³/mol. The molecule has 0 aliphatic heterocycles. The van der Waals surface area contributed by atoms with Gasteiger partial charge in [-0.2, -0.15) is 0 Å². The smallest absolute Gasteiger partial charge is 0.0932 e. The van der Waals surface area contributed by atoms with Crippen LogP contribution in [0.5, 0.6) is 0 Å². The molecule has 0 saturated carbocycles. The Morgan fingerprint density at radius 2 is 2.33 bits per heavy atom. The van der Waals surface area contributed by atoms with E-state index in [1.807, 2.05) is 12.1 Å². The third-order valence-corrected chi connectivity index (χ3v) is 2.53. The van der Waals surface area contributed by atoms with E-state index in [1.165, 1.54) is 0 Å². The van der Waals surface area contributed by atoms with Gasteiger partial charge in [0.25, 0.3) is 0 Å². The highest BCUT2D eigenvalue weighted by atomic mass is 79.9. The number of hydrogen-bond acceptors (Lipinski definition) is 1. The van der Waals surface area contributed by atoms with E-state index in [1.54, 1.807) is 6.33 Å². The molecule has 1 N–H and O–H groups in total. The molecule has 0 aliphatic rings. The Morgan fingerprint density at radius 3 is 3.08 bits per heavy atom. The Bertz CT molecular complexity index is 410. The summed E-state index contributed by atoms with van der Waals surface area (Å²) in [6.45, 7) is 0. The van der Waals surface area contributed by atoms with E-state index in [9.17, 15) is 0 Å². The van der Waals surface area contributed by atoms with Gasteiger partial charge in [0, 0.05) is 10.4 Å². The lowest BCUT2D eigenvalue weighted by Gasteiger charge is -1.97. The SMILES string of the molecule is Clc1cc(CBr)c2nc[nH]c2c1. The number of rotatable bonds is 1. The van der Waals surface area contributed by atoms with E-state index < -0.39 is 0 Å². The molecule has 2 nitrogen and oxygen atoms in total. The van der Waals surface area contributed by atoms with Gasteiger partial charge in [0.05, 0.1) is 17.4 Å². The van der Waals surface area contributed by atoms with Crippen LogP contribution in [0.15, 0.2) is 18.5 Å². The fraction of sp³-hybridized carbons (Fsp3) is 0.125. The summed E-state index contributed by atoms with van der Waals surface area (Å²) in [4.78, 5) is 7.21. The molecule has 1 aromatic carbocycles. The highest BCUT2D eigenvalue weighted by molar-refractivity contribution is 9.08. The molecular weight excluding hydrogens is 239 g/mol. The summed E-state index contributed by atoms with van der Waals surface area (Å²) in [6.07, 6.45) is 1.67. The highest BCUT2D eigenvalue weighted by Gasteiger charge is 2.03. The summed E-state index contributed by atoms with van der Waals surface area (Å²) in [7, 11) is 0. The zero-order valence-corrected chi connectivity index (χ0v) is 8.48. The van der Waals surface area contributed by atoms with Gasteiger partial charge in [-0.3, -0.25) is 0 Å². The first-order chi connectivity index (χ1) is 5.81. The predicted octanol–water partition coefficient (Wildman–Crippen LogP) is 3.11. The van der Waals surface area contributed by atoms with Gasteiger partial charge in [-0.15, -0.1) is 0 Å². The number of halogens is 2. The van der Waals surface area contributed by atoms with E-state index in [2.05, 4.69) is 25.9 Å². The van der Waals surface area contributed by atoms with E-state index in [-0.39, 0.29) is 0 Å². The third kappa shape index (κ3) is 1.23. The molecule has 12 heavy (non-hydrogen) atoms. The molecule has 1 aromatic heterocycles. The second kappa shape index (κ2) is 3.07. The highest BCUT2D eigenvalue weighted by Crippen LogP contribution is 2.22. The zero-order chi connectivity index (χ0) is 8.55. The van der Waals surface area contributed by atoms with Crippen LogP contribution < -0.4 is 0 Å². The van der Waals surface area contributed by atoms with E-state index in [0.717, 1.165) is 26.9 Å². The van der Waals surface area contributed by atoms with Crippen LogP contribution in [0.4, 0.5) is 0 Å². The van der Waals surface area contributed by atoms with Gasteiger partial charge in [-0.25, -0.2) is 4.98 Å². The molecule has 0 unspecified atom stereocenters. The van der Waals surface area contributed by atoms with E-state index in [0.29, 0.717) is 0 Å². The molecule has 0 spiro atoms. The molecule has 0 saturated heterocycles. The second-order valence-electron chi connectivity index (χ2n) is 2.50. The van der Waals surface area contributed by atoms with Crippen molar-refractivity contribution in [3.05, 3.63) is 29.0 Å².